The molecule has 0 amide bonds. The Morgan fingerprint density at radius 1 is 0.558 bits per heavy atom. The molecule has 0 saturated heterocycles. The Labute approximate surface area is 252 Å². The topological polar surface area (TPSA) is 26.3 Å². The van der Waals surface area contributed by atoms with Crippen LogP contribution in [-0.2, 0) is 6.42 Å². The molecular weight excluding hydrogens is 524 g/mol. The van der Waals surface area contributed by atoms with Gasteiger partial charge < -0.3 is 8.83 Å². The summed E-state index contributed by atoms with van der Waals surface area (Å²) in [6.45, 7) is 8.00. The van der Waals surface area contributed by atoms with Crippen molar-refractivity contribution in [3.63, 3.8) is 0 Å². The highest BCUT2D eigenvalue weighted by Crippen LogP contribution is 2.45. The number of hydrogen-bond acceptors (Lipinski definition) is 2. The van der Waals surface area contributed by atoms with Crippen molar-refractivity contribution < 1.29 is 8.83 Å². The maximum Gasteiger partial charge on any atom is 0.143 e. The van der Waals surface area contributed by atoms with Gasteiger partial charge in [0.15, 0.2) is 0 Å². The maximum atomic E-state index is 6.56. The lowest BCUT2D eigenvalue weighted by molar-refractivity contribution is 0.539. The number of hydrogen-bond donors (Lipinski definition) is 0. The van der Waals surface area contributed by atoms with Crippen molar-refractivity contribution in [2.75, 3.05) is 0 Å². The van der Waals surface area contributed by atoms with Gasteiger partial charge in [0.1, 0.15) is 22.9 Å². The molecule has 0 N–H and O–H groups in total. The molecule has 1 aliphatic carbocycles. The standard InChI is InChI=1S/C37H22O2.2C2H6/c1-2-7-22(8-3-1)36-30-10-4-5-11-32(30)39-37(36)27-19-25-14-13-23-15-17-28(33-21-24-9-6-12-31(24)38-33)29-18-16-26(20-27)34(25)35(23)29;2*1-2/h1-11,13-21H,12H2;2*1-2H3. The lowest BCUT2D eigenvalue weighted by Gasteiger charge is -2.14. The van der Waals surface area contributed by atoms with Crippen molar-refractivity contribution >= 4 is 49.4 Å². The van der Waals surface area contributed by atoms with E-state index >= 15 is 0 Å². The molecule has 210 valence electrons. The quantitative estimate of drug-likeness (QED) is 0.202. The van der Waals surface area contributed by atoms with Gasteiger partial charge in [-0.15, -0.1) is 0 Å². The molecule has 2 heterocycles. The summed E-state index contributed by atoms with van der Waals surface area (Å²) in [5.74, 6) is 2.91. The molecule has 1 aliphatic rings. The number of fused-ring (bicyclic) bond motifs is 2. The van der Waals surface area contributed by atoms with Crippen molar-refractivity contribution in [1.82, 2.24) is 0 Å². The monoisotopic (exact) mass is 558 g/mol. The van der Waals surface area contributed by atoms with Gasteiger partial charge in [-0.1, -0.05) is 119 Å². The molecule has 0 fully saturated rings. The fraction of sp³-hybridized carbons (Fsp3) is 0.122. The molecule has 0 bridgehead atoms. The van der Waals surface area contributed by atoms with Gasteiger partial charge in [0.25, 0.3) is 0 Å². The molecule has 0 aliphatic heterocycles. The van der Waals surface area contributed by atoms with E-state index in [-0.39, 0.29) is 0 Å². The van der Waals surface area contributed by atoms with Crippen molar-refractivity contribution in [3.8, 4) is 33.8 Å². The molecule has 0 spiro atoms. The Balaban J connectivity index is 0.000000723. The second-order valence-corrected chi connectivity index (χ2v) is 10.5. The molecule has 6 aromatic carbocycles. The first kappa shape index (κ1) is 26.8. The van der Waals surface area contributed by atoms with E-state index in [1.54, 1.807) is 0 Å². The van der Waals surface area contributed by atoms with Crippen LogP contribution >= 0.6 is 0 Å². The molecule has 2 heteroatoms. The van der Waals surface area contributed by atoms with Crippen molar-refractivity contribution in [3.05, 3.63) is 127 Å². The Morgan fingerprint density at radius 3 is 2.05 bits per heavy atom. The summed E-state index contributed by atoms with van der Waals surface area (Å²) in [6.07, 6.45) is 5.18. The normalized spacial score (nSPS) is 12.0. The highest BCUT2D eigenvalue weighted by Gasteiger charge is 2.21. The van der Waals surface area contributed by atoms with E-state index in [9.17, 15) is 0 Å². The maximum absolute atomic E-state index is 6.56. The number of para-hydroxylation sites is 1. The first-order valence-corrected chi connectivity index (χ1v) is 15.4. The summed E-state index contributed by atoms with van der Waals surface area (Å²) in [5.41, 5.74) is 6.63. The van der Waals surface area contributed by atoms with Crippen LogP contribution in [0.2, 0.25) is 0 Å². The SMILES string of the molecule is C1=Cc2cc(-c3ccc4ccc5cc(-c6oc7ccccc7c6-c6ccccc6)cc6ccc3c4c56)oc2C1.CC.CC. The van der Waals surface area contributed by atoms with Gasteiger partial charge >= 0.3 is 0 Å². The van der Waals surface area contributed by atoms with Crippen LogP contribution in [0.15, 0.2) is 124 Å². The molecule has 2 aromatic heterocycles. The van der Waals surface area contributed by atoms with Gasteiger partial charge in [-0.25, -0.2) is 0 Å². The van der Waals surface area contributed by atoms with Crippen LogP contribution in [0.5, 0.6) is 0 Å². The van der Waals surface area contributed by atoms with Crippen molar-refractivity contribution in [2.45, 2.75) is 34.1 Å². The van der Waals surface area contributed by atoms with Gasteiger partial charge in [-0.2, -0.15) is 0 Å². The van der Waals surface area contributed by atoms with E-state index in [1.165, 1.54) is 37.9 Å². The number of rotatable bonds is 3. The minimum atomic E-state index is 0.872. The van der Waals surface area contributed by atoms with Crippen molar-refractivity contribution in [1.29, 1.82) is 0 Å². The van der Waals surface area contributed by atoms with Gasteiger partial charge in [-0.05, 0) is 68.2 Å². The third kappa shape index (κ3) is 4.25. The van der Waals surface area contributed by atoms with Crippen LogP contribution in [-0.4, -0.2) is 0 Å². The highest BCUT2D eigenvalue weighted by atomic mass is 16.3. The lowest BCUT2D eigenvalue weighted by Crippen LogP contribution is -1.88. The minimum Gasteiger partial charge on any atom is -0.460 e. The average molecular weight is 559 g/mol. The molecule has 0 unspecified atom stereocenters. The third-order valence-electron chi connectivity index (χ3n) is 8.23. The second-order valence-electron chi connectivity index (χ2n) is 10.5. The summed E-state index contributed by atoms with van der Waals surface area (Å²) in [6, 6.07) is 39.0. The van der Waals surface area contributed by atoms with Crippen LogP contribution in [0, 0.1) is 0 Å². The van der Waals surface area contributed by atoms with Crippen LogP contribution in [0.4, 0.5) is 0 Å². The molecule has 8 aromatic rings. The first-order chi connectivity index (χ1) is 21.3. The zero-order valence-electron chi connectivity index (χ0n) is 25.1. The van der Waals surface area contributed by atoms with Crippen molar-refractivity contribution in [2.24, 2.45) is 0 Å². The van der Waals surface area contributed by atoms with Crippen LogP contribution < -0.4 is 0 Å². The number of benzene rings is 6. The molecule has 43 heavy (non-hydrogen) atoms. The van der Waals surface area contributed by atoms with Gasteiger partial charge in [0.2, 0.25) is 0 Å². The summed E-state index contributed by atoms with van der Waals surface area (Å²) in [7, 11) is 0. The van der Waals surface area contributed by atoms with Crippen LogP contribution in [0.25, 0.3) is 83.1 Å². The zero-order chi connectivity index (χ0) is 29.5. The predicted molar refractivity (Wildman–Crippen MR) is 184 cm³/mol. The highest BCUT2D eigenvalue weighted by molar-refractivity contribution is 6.26. The largest absolute Gasteiger partial charge is 0.460 e. The van der Waals surface area contributed by atoms with Crippen LogP contribution in [0.3, 0.4) is 0 Å². The fourth-order valence-electron chi connectivity index (χ4n) is 6.47. The first-order valence-electron chi connectivity index (χ1n) is 15.4. The van der Waals surface area contributed by atoms with Gasteiger partial charge in [0, 0.05) is 34.1 Å². The fourth-order valence-corrected chi connectivity index (χ4v) is 6.47. The Bertz CT molecular complexity index is 2220. The molecular formula is C41H34O2. The minimum absolute atomic E-state index is 0.872. The molecule has 2 nitrogen and oxygen atoms in total. The molecule has 9 rings (SSSR count). The molecule has 0 saturated carbocycles. The van der Waals surface area contributed by atoms with Crippen LogP contribution in [0.1, 0.15) is 39.0 Å². The predicted octanol–water partition coefficient (Wildman–Crippen LogP) is 12.5. The second kappa shape index (κ2) is 11.0. The van der Waals surface area contributed by atoms with E-state index in [2.05, 4.69) is 115 Å². The van der Waals surface area contributed by atoms with Gasteiger partial charge in [0.05, 0.1) is 0 Å². The summed E-state index contributed by atoms with van der Waals surface area (Å²) in [4.78, 5) is 0. The van der Waals surface area contributed by atoms with E-state index in [0.717, 1.165) is 56.9 Å². The smallest absolute Gasteiger partial charge is 0.143 e. The number of furan rings is 2. The average Bonchev–Trinajstić information content (AvgIpc) is 3.80. The summed E-state index contributed by atoms with van der Waals surface area (Å²) in [5, 5.41) is 8.59. The van der Waals surface area contributed by atoms with E-state index in [4.69, 9.17) is 8.83 Å². The van der Waals surface area contributed by atoms with E-state index < -0.39 is 0 Å². The Kier molecular flexibility index (Phi) is 6.83. The third-order valence-corrected chi connectivity index (χ3v) is 8.23. The molecule has 0 radical (unpaired) electrons. The molecule has 0 atom stereocenters. The zero-order valence-corrected chi connectivity index (χ0v) is 25.1. The van der Waals surface area contributed by atoms with Gasteiger partial charge in [-0.3, -0.25) is 0 Å². The Morgan fingerprint density at radius 2 is 1.26 bits per heavy atom. The lowest BCUT2D eigenvalue weighted by atomic mass is 9.89. The summed E-state index contributed by atoms with van der Waals surface area (Å²) >= 11 is 0. The van der Waals surface area contributed by atoms with E-state index in [0.29, 0.717) is 0 Å². The number of allylic oxidation sites excluding steroid dienone is 1. The summed E-state index contributed by atoms with van der Waals surface area (Å²) < 4.78 is 12.8. The van der Waals surface area contributed by atoms with E-state index in [1.807, 2.05) is 33.8 Å². The Hall–Kier alpha value is -5.08.